The molecule has 2 N–H and O–H groups in total. The summed E-state index contributed by atoms with van der Waals surface area (Å²) >= 11 is 0. The van der Waals surface area contributed by atoms with Crippen molar-refractivity contribution in [2.24, 2.45) is 0 Å². The second-order valence-electron chi connectivity index (χ2n) is 10.7. The monoisotopic (exact) mass is 495 g/mol. The molecular formula is C25H33N7O4. The molecule has 192 valence electrons. The number of rotatable bonds is 7. The highest BCUT2D eigenvalue weighted by Gasteiger charge is 2.40. The van der Waals surface area contributed by atoms with E-state index in [2.05, 4.69) is 48.1 Å². The van der Waals surface area contributed by atoms with E-state index in [4.69, 9.17) is 19.3 Å². The molecule has 2 aliphatic rings. The van der Waals surface area contributed by atoms with Crippen LogP contribution in [0.1, 0.15) is 64.4 Å². The molecule has 5 rings (SSSR count). The maximum absolute atomic E-state index is 12.2. The van der Waals surface area contributed by atoms with Crippen molar-refractivity contribution in [3.8, 4) is 0 Å². The highest BCUT2D eigenvalue weighted by Crippen LogP contribution is 2.36. The van der Waals surface area contributed by atoms with Crippen molar-refractivity contribution in [3.63, 3.8) is 0 Å². The minimum atomic E-state index is -0.387. The van der Waals surface area contributed by atoms with Crippen molar-refractivity contribution >= 4 is 29.0 Å². The molecule has 1 saturated heterocycles. The van der Waals surface area contributed by atoms with Gasteiger partial charge in [0.05, 0.1) is 24.9 Å². The van der Waals surface area contributed by atoms with Gasteiger partial charge in [-0.25, -0.2) is 19.0 Å². The summed E-state index contributed by atoms with van der Waals surface area (Å²) in [4.78, 5) is 16.7. The van der Waals surface area contributed by atoms with E-state index in [0.29, 0.717) is 30.3 Å². The van der Waals surface area contributed by atoms with Gasteiger partial charge in [0.1, 0.15) is 35.0 Å². The SMILES string of the molecule is C=C(OC)c1cc2c(Nc3cc([C@H]4C[C@@H](OC(=O)NC5(C)CC5)CO4)nn3C(C)(C)C)nccn2n1. The first kappa shape index (κ1) is 24.1. The van der Waals surface area contributed by atoms with E-state index < -0.39 is 0 Å². The first-order chi connectivity index (χ1) is 17.0. The Balaban J connectivity index is 1.36. The second kappa shape index (κ2) is 8.81. The third-order valence-corrected chi connectivity index (χ3v) is 6.50. The van der Waals surface area contributed by atoms with Crippen LogP contribution in [0.2, 0.25) is 0 Å². The summed E-state index contributed by atoms with van der Waals surface area (Å²) in [7, 11) is 1.56. The molecule has 2 atom stereocenters. The summed E-state index contributed by atoms with van der Waals surface area (Å²) in [5, 5.41) is 15.7. The molecule has 3 aromatic rings. The van der Waals surface area contributed by atoms with E-state index in [1.54, 1.807) is 24.0 Å². The maximum atomic E-state index is 12.2. The van der Waals surface area contributed by atoms with Crippen molar-refractivity contribution in [2.75, 3.05) is 19.0 Å². The van der Waals surface area contributed by atoms with Crippen LogP contribution in [0.5, 0.6) is 0 Å². The summed E-state index contributed by atoms with van der Waals surface area (Å²) in [6, 6.07) is 3.83. The molecule has 3 aromatic heterocycles. The van der Waals surface area contributed by atoms with Crippen molar-refractivity contribution in [1.29, 1.82) is 0 Å². The number of carbonyl (C=O) groups is 1. The fraction of sp³-hybridized carbons (Fsp3) is 0.520. The van der Waals surface area contributed by atoms with E-state index in [1.165, 1.54) is 0 Å². The second-order valence-corrected chi connectivity index (χ2v) is 10.7. The van der Waals surface area contributed by atoms with Gasteiger partial charge in [-0.05, 0) is 46.6 Å². The Hall–Kier alpha value is -3.60. The van der Waals surface area contributed by atoms with Crippen molar-refractivity contribution in [2.45, 2.75) is 70.2 Å². The number of nitrogens with one attached hydrogen (secondary N) is 2. The van der Waals surface area contributed by atoms with E-state index in [9.17, 15) is 4.79 Å². The lowest BCUT2D eigenvalue weighted by atomic mass is 10.1. The maximum Gasteiger partial charge on any atom is 0.407 e. The van der Waals surface area contributed by atoms with Gasteiger partial charge in [0, 0.05) is 30.4 Å². The molecule has 0 aromatic carbocycles. The van der Waals surface area contributed by atoms with E-state index >= 15 is 0 Å². The van der Waals surface area contributed by atoms with Crippen molar-refractivity contribution in [3.05, 3.63) is 42.5 Å². The van der Waals surface area contributed by atoms with Gasteiger partial charge in [0.2, 0.25) is 0 Å². The largest absolute Gasteiger partial charge is 0.495 e. The quantitative estimate of drug-likeness (QED) is 0.470. The van der Waals surface area contributed by atoms with E-state index in [0.717, 1.165) is 29.9 Å². The minimum Gasteiger partial charge on any atom is -0.495 e. The molecule has 1 saturated carbocycles. The minimum absolute atomic E-state index is 0.119. The summed E-state index contributed by atoms with van der Waals surface area (Å²) in [5.41, 5.74) is 1.74. The summed E-state index contributed by atoms with van der Waals surface area (Å²) in [6.07, 6.45) is 4.97. The lowest BCUT2D eigenvalue weighted by molar-refractivity contribution is 0.0672. The predicted molar refractivity (Wildman–Crippen MR) is 134 cm³/mol. The van der Waals surface area contributed by atoms with Gasteiger partial charge in [-0.2, -0.15) is 10.2 Å². The van der Waals surface area contributed by atoms with Crippen LogP contribution < -0.4 is 10.6 Å². The number of nitrogens with zero attached hydrogens (tertiary/aromatic N) is 5. The average molecular weight is 496 g/mol. The van der Waals surface area contributed by atoms with Gasteiger partial charge in [-0.15, -0.1) is 0 Å². The molecule has 4 heterocycles. The number of alkyl carbamates (subject to hydrolysis) is 1. The Bertz CT molecular complexity index is 1300. The van der Waals surface area contributed by atoms with Crippen LogP contribution in [0.25, 0.3) is 11.3 Å². The number of ether oxygens (including phenoxy) is 3. The third-order valence-electron chi connectivity index (χ3n) is 6.50. The Morgan fingerprint density at radius 1 is 1.28 bits per heavy atom. The van der Waals surface area contributed by atoms with Gasteiger partial charge < -0.3 is 24.8 Å². The number of amides is 1. The van der Waals surface area contributed by atoms with Crippen LogP contribution in [0, 0.1) is 0 Å². The van der Waals surface area contributed by atoms with Crippen LogP contribution in [0.3, 0.4) is 0 Å². The molecule has 0 radical (unpaired) electrons. The third kappa shape index (κ3) is 4.88. The molecule has 0 spiro atoms. The van der Waals surface area contributed by atoms with E-state index in [-0.39, 0.29) is 29.4 Å². The molecule has 1 aliphatic carbocycles. The van der Waals surface area contributed by atoms with Gasteiger partial charge >= 0.3 is 6.09 Å². The molecular weight excluding hydrogens is 462 g/mol. The zero-order valence-electron chi connectivity index (χ0n) is 21.4. The fourth-order valence-corrected chi connectivity index (χ4v) is 4.16. The van der Waals surface area contributed by atoms with Crippen molar-refractivity contribution < 1.29 is 19.0 Å². The van der Waals surface area contributed by atoms with Gasteiger partial charge in [0.15, 0.2) is 5.82 Å². The molecule has 1 aliphatic heterocycles. The highest BCUT2D eigenvalue weighted by atomic mass is 16.6. The van der Waals surface area contributed by atoms with Gasteiger partial charge in [-0.3, -0.25) is 0 Å². The van der Waals surface area contributed by atoms with Crippen molar-refractivity contribution in [1.82, 2.24) is 29.7 Å². The summed E-state index contributed by atoms with van der Waals surface area (Å²) < 4.78 is 20.4. The van der Waals surface area contributed by atoms with Crippen LogP contribution in [0.15, 0.2) is 31.1 Å². The summed E-state index contributed by atoms with van der Waals surface area (Å²) in [5.74, 6) is 1.86. The predicted octanol–water partition coefficient (Wildman–Crippen LogP) is 4.15. The molecule has 11 heteroatoms. The standard InChI is InChI=1S/C25H33N7O4/c1-15(34-6)17-12-19-22(26-9-10-31(19)29-17)27-21-13-18(30-32(21)24(2,3)4)20-11-16(14-35-20)36-23(33)28-25(5)7-8-25/h9-10,12-13,16,20H,1,7-8,11,14H2,2-6H3,(H,26,27)(H,28,33)/t16-,20-/m1/s1. The Morgan fingerprint density at radius 2 is 2.06 bits per heavy atom. The molecule has 11 nitrogen and oxygen atoms in total. The molecule has 36 heavy (non-hydrogen) atoms. The van der Waals surface area contributed by atoms with Gasteiger partial charge in [-0.1, -0.05) is 6.58 Å². The lowest BCUT2D eigenvalue weighted by Crippen LogP contribution is -2.37. The molecule has 0 bridgehead atoms. The Morgan fingerprint density at radius 3 is 2.75 bits per heavy atom. The number of anilines is 2. The molecule has 0 unspecified atom stereocenters. The summed E-state index contributed by atoms with van der Waals surface area (Å²) in [6.45, 7) is 12.5. The number of carbonyl (C=O) groups excluding carboxylic acids is 1. The zero-order valence-corrected chi connectivity index (χ0v) is 21.4. The number of hydrogen-bond acceptors (Lipinski definition) is 8. The topological polar surface area (TPSA) is 117 Å². The lowest BCUT2D eigenvalue weighted by Gasteiger charge is -2.22. The number of methoxy groups -OCH3 is 1. The van der Waals surface area contributed by atoms with Crippen LogP contribution in [-0.4, -0.2) is 55.8 Å². The van der Waals surface area contributed by atoms with Crippen LogP contribution in [0.4, 0.5) is 16.4 Å². The fourth-order valence-electron chi connectivity index (χ4n) is 4.16. The van der Waals surface area contributed by atoms with Crippen LogP contribution >= 0.6 is 0 Å². The highest BCUT2D eigenvalue weighted by molar-refractivity contribution is 5.75. The first-order valence-electron chi connectivity index (χ1n) is 12.1. The molecule has 2 fully saturated rings. The number of aromatic nitrogens is 5. The van der Waals surface area contributed by atoms with E-state index in [1.807, 2.05) is 23.7 Å². The average Bonchev–Trinajstić information content (AvgIpc) is 3.23. The first-order valence-corrected chi connectivity index (χ1v) is 12.1. The number of hydrogen-bond donors (Lipinski definition) is 2. The van der Waals surface area contributed by atoms with Crippen LogP contribution in [-0.2, 0) is 19.7 Å². The molecule has 1 amide bonds. The van der Waals surface area contributed by atoms with Gasteiger partial charge in [0.25, 0.3) is 0 Å². The smallest absolute Gasteiger partial charge is 0.407 e. The Kier molecular flexibility index (Phi) is 5.90. The number of fused-ring (bicyclic) bond motifs is 1. The zero-order chi connectivity index (χ0) is 25.7. The normalized spacial score (nSPS) is 20.8. The Labute approximate surface area is 209 Å².